The molecular formula is C13H15F3N2O3. The first-order chi connectivity index (χ1) is 9.60. The molecule has 0 saturated carbocycles. The van der Waals surface area contributed by atoms with Crippen LogP contribution in [-0.2, 0) is 4.79 Å². The number of hydrogen-bond acceptors (Lipinski definition) is 2. The number of rotatable bonds is 4. The number of carboxylic acid groups (broad SMARTS) is 1. The molecule has 0 radical (unpaired) electrons. The van der Waals surface area contributed by atoms with Crippen LogP contribution in [-0.4, -0.2) is 41.3 Å². The van der Waals surface area contributed by atoms with Crippen molar-refractivity contribution in [2.24, 2.45) is 0 Å². The monoisotopic (exact) mass is 304 g/mol. The summed E-state index contributed by atoms with van der Waals surface area (Å²) in [5.74, 6) is -1.52. The number of benzene rings is 1. The topological polar surface area (TPSA) is 69.6 Å². The summed E-state index contributed by atoms with van der Waals surface area (Å²) in [5, 5.41) is 10.9. The number of carboxylic acids is 1. The second kappa shape index (κ2) is 6.47. The zero-order valence-corrected chi connectivity index (χ0v) is 11.5. The SMILES string of the molecule is Cc1cccc(NC(=O)N(CC(=O)O)CC(F)(F)F)c1C. The first kappa shape index (κ1) is 16.8. The summed E-state index contributed by atoms with van der Waals surface area (Å²) < 4.78 is 37.2. The molecule has 0 aliphatic heterocycles. The number of carbonyl (C=O) groups excluding carboxylic acids is 1. The van der Waals surface area contributed by atoms with Gasteiger partial charge in [0.15, 0.2) is 0 Å². The smallest absolute Gasteiger partial charge is 0.406 e. The van der Waals surface area contributed by atoms with Gasteiger partial charge >= 0.3 is 18.2 Å². The highest BCUT2D eigenvalue weighted by Gasteiger charge is 2.34. The van der Waals surface area contributed by atoms with Gasteiger partial charge in [0.25, 0.3) is 0 Å². The molecular weight excluding hydrogens is 289 g/mol. The van der Waals surface area contributed by atoms with Gasteiger partial charge in [-0.3, -0.25) is 4.79 Å². The minimum atomic E-state index is -4.67. The second-order valence-electron chi connectivity index (χ2n) is 4.54. The van der Waals surface area contributed by atoms with Crippen molar-refractivity contribution in [3.05, 3.63) is 29.3 Å². The quantitative estimate of drug-likeness (QED) is 0.898. The molecule has 1 aromatic rings. The number of aryl methyl sites for hydroxylation is 1. The minimum Gasteiger partial charge on any atom is -0.480 e. The van der Waals surface area contributed by atoms with Gasteiger partial charge in [-0.2, -0.15) is 13.2 Å². The number of anilines is 1. The Labute approximate surface area is 119 Å². The fourth-order valence-electron chi connectivity index (χ4n) is 1.66. The maximum Gasteiger partial charge on any atom is 0.406 e. The summed E-state index contributed by atoms with van der Waals surface area (Å²) in [4.78, 5) is 22.6. The molecule has 0 saturated heterocycles. The summed E-state index contributed by atoms with van der Waals surface area (Å²) >= 11 is 0. The largest absolute Gasteiger partial charge is 0.480 e. The molecule has 21 heavy (non-hydrogen) atoms. The fourth-order valence-corrected chi connectivity index (χ4v) is 1.66. The molecule has 1 aromatic carbocycles. The van der Waals surface area contributed by atoms with Crippen LogP contribution in [0.5, 0.6) is 0 Å². The first-order valence-corrected chi connectivity index (χ1v) is 6.01. The minimum absolute atomic E-state index is 0.199. The molecule has 5 nitrogen and oxygen atoms in total. The van der Waals surface area contributed by atoms with Gasteiger partial charge in [-0.05, 0) is 31.0 Å². The van der Waals surface area contributed by atoms with E-state index in [0.717, 1.165) is 5.56 Å². The molecule has 0 aliphatic carbocycles. The Bertz CT molecular complexity index is 544. The van der Waals surface area contributed by atoms with Crippen molar-refractivity contribution in [3.63, 3.8) is 0 Å². The van der Waals surface area contributed by atoms with Crippen molar-refractivity contribution in [3.8, 4) is 0 Å². The number of alkyl halides is 3. The van der Waals surface area contributed by atoms with E-state index < -0.39 is 31.3 Å². The Morgan fingerprint density at radius 1 is 1.29 bits per heavy atom. The molecule has 2 N–H and O–H groups in total. The van der Waals surface area contributed by atoms with Gasteiger partial charge in [-0.25, -0.2) is 4.79 Å². The Balaban J connectivity index is 2.90. The molecule has 0 aliphatic rings. The molecule has 0 unspecified atom stereocenters. The lowest BCUT2D eigenvalue weighted by atomic mass is 10.1. The zero-order valence-electron chi connectivity index (χ0n) is 11.5. The van der Waals surface area contributed by atoms with E-state index in [2.05, 4.69) is 5.32 Å². The summed E-state index contributed by atoms with van der Waals surface area (Å²) in [6.45, 7) is 0.832. The van der Waals surface area contributed by atoms with Gasteiger partial charge in [0.1, 0.15) is 13.1 Å². The third-order valence-electron chi connectivity index (χ3n) is 2.83. The van der Waals surface area contributed by atoms with Crippen LogP contribution >= 0.6 is 0 Å². The molecule has 8 heteroatoms. The Hall–Kier alpha value is -2.25. The van der Waals surface area contributed by atoms with Crippen LogP contribution in [0.25, 0.3) is 0 Å². The fraction of sp³-hybridized carbons (Fsp3) is 0.385. The Kier molecular flexibility index (Phi) is 5.17. The van der Waals surface area contributed by atoms with E-state index in [0.29, 0.717) is 11.3 Å². The lowest BCUT2D eigenvalue weighted by Crippen LogP contribution is -2.44. The average molecular weight is 304 g/mol. The molecule has 0 fully saturated rings. The Morgan fingerprint density at radius 2 is 1.90 bits per heavy atom. The standard InChI is InChI=1S/C13H15F3N2O3/c1-8-4-3-5-10(9(8)2)17-12(21)18(6-11(19)20)7-13(14,15)16/h3-5H,6-7H2,1-2H3,(H,17,21)(H,19,20). The van der Waals surface area contributed by atoms with E-state index in [1.807, 2.05) is 0 Å². The van der Waals surface area contributed by atoms with E-state index >= 15 is 0 Å². The van der Waals surface area contributed by atoms with Gasteiger partial charge in [0.2, 0.25) is 0 Å². The van der Waals surface area contributed by atoms with Crippen LogP contribution in [0.4, 0.5) is 23.7 Å². The van der Waals surface area contributed by atoms with Crippen LogP contribution in [0.15, 0.2) is 18.2 Å². The summed E-state index contributed by atoms with van der Waals surface area (Å²) in [6.07, 6.45) is -4.67. The van der Waals surface area contributed by atoms with Gasteiger partial charge < -0.3 is 15.3 Å². The van der Waals surface area contributed by atoms with Gasteiger partial charge in [0, 0.05) is 5.69 Å². The summed E-state index contributed by atoms with van der Waals surface area (Å²) in [7, 11) is 0. The summed E-state index contributed by atoms with van der Waals surface area (Å²) in [6, 6.07) is 3.86. The highest BCUT2D eigenvalue weighted by atomic mass is 19.4. The van der Waals surface area contributed by atoms with Crippen molar-refractivity contribution in [2.45, 2.75) is 20.0 Å². The summed E-state index contributed by atoms with van der Waals surface area (Å²) in [5.41, 5.74) is 1.90. The highest BCUT2D eigenvalue weighted by molar-refractivity contribution is 5.92. The number of aliphatic carboxylic acids is 1. The van der Waals surface area contributed by atoms with Crippen molar-refractivity contribution in [1.82, 2.24) is 4.90 Å². The number of carbonyl (C=O) groups is 2. The average Bonchev–Trinajstić information content (AvgIpc) is 2.31. The molecule has 116 valence electrons. The predicted octanol–water partition coefficient (Wildman–Crippen LogP) is 2.78. The van der Waals surface area contributed by atoms with E-state index in [1.54, 1.807) is 26.0 Å². The third kappa shape index (κ3) is 5.33. The van der Waals surface area contributed by atoms with Crippen LogP contribution in [0, 0.1) is 13.8 Å². The van der Waals surface area contributed by atoms with Crippen LogP contribution in [0.2, 0.25) is 0 Å². The molecule has 0 spiro atoms. The van der Waals surface area contributed by atoms with Gasteiger partial charge in [-0.1, -0.05) is 12.1 Å². The lowest BCUT2D eigenvalue weighted by molar-refractivity contribution is -0.148. The van der Waals surface area contributed by atoms with E-state index in [9.17, 15) is 22.8 Å². The molecule has 0 atom stereocenters. The molecule has 0 bridgehead atoms. The maximum absolute atomic E-state index is 12.4. The number of urea groups is 1. The van der Waals surface area contributed by atoms with E-state index in [1.165, 1.54) is 6.07 Å². The van der Waals surface area contributed by atoms with Crippen LogP contribution in [0.3, 0.4) is 0 Å². The number of nitrogens with zero attached hydrogens (tertiary/aromatic N) is 1. The predicted molar refractivity (Wildman–Crippen MR) is 70.2 cm³/mol. The van der Waals surface area contributed by atoms with Gasteiger partial charge in [-0.15, -0.1) is 0 Å². The van der Waals surface area contributed by atoms with E-state index in [-0.39, 0.29) is 4.90 Å². The Morgan fingerprint density at radius 3 is 2.43 bits per heavy atom. The first-order valence-electron chi connectivity index (χ1n) is 6.01. The molecule has 1 rings (SSSR count). The van der Waals surface area contributed by atoms with Crippen molar-refractivity contribution < 1.29 is 27.9 Å². The highest BCUT2D eigenvalue weighted by Crippen LogP contribution is 2.20. The van der Waals surface area contributed by atoms with Gasteiger partial charge in [0.05, 0.1) is 0 Å². The lowest BCUT2D eigenvalue weighted by Gasteiger charge is -2.23. The third-order valence-corrected chi connectivity index (χ3v) is 2.83. The van der Waals surface area contributed by atoms with Crippen molar-refractivity contribution in [1.29, 1.82) is 0 Å². The van der Waals surface area contributed by atoms with Crippen LogP contribution in [0.1, 0.15) is 11.1 Å². The second-order valence-corrected chi connectivity index (χ2v) is 4.54. The molecule has 2 amide bonds. The zero-order chi connectivity index (χ0) is 16.2. The van der Waals surface area contributed by atoms with E-state index in [4.69, 9.17) is 5.11 Å². The van der Waals surface area contributed by atoms with Crippen LogP contribution < -0.4 is 5.32 Å². The molecule has 0 aromatic heterocycles. The number of halogens is 3. The maximum atomic E-state index is 12.4. The number of amides is 2. The molecule has 0 heterocycles. The number of nitrogens with one attached hydrogen (secondary N) is 1. The van der Waals surface area contributed by atoms with Crippen molar-refractivity contribution >= 4 is 17.7 Å². The number of hydrogen-bond donors (Lipinski definition) is 2. The van der Waals surface area contributed by atoms with Crippen molar-refractivity contribution in [2.75, 3.05) is 18.4 Å². The normalized spacial score (nSPS) is 11.1.